The average Bonchev–Trinajstić information content (AvgIpc) is 2.38. The highest BCUT2D eigenvalue weighted by Gasteiger charge is 2.13. The third-order valence-electron chi connectivity index (χ3n) is 3.23. The van der Waals surface area contributed by atoms with Crippen molar-refractivity contribution in [1.82, 2.24) is 0 Å². The lowest BCUT2D eigenvalue weighted by Crippen LogP contribution is -1.93. The first-order chi connectivity index (χ1) is 8.67. The van der Waals surface area contributed by atoms with Crippen LogP contribution in [0.15, 0.2) is 36.4 Å². The van der Waals surface area contributed by atoms with Crippen LogP contribution >= 0.6 is 0 Å². The number of aromatic hydroxyl groups is 2. The first kappa shape index (κ1) is 12.5. The van der Waals surface area contributed by atoms with Gasteiger partial charge in [0.1, 0.15) is 11.5 Å². The molecule has 2 rings (SSSR count). The Hall–Kier alpha value is -1.96. The van der Waals surface area contributed by atoms with Crippen molar-refractivity contribution in [2.75, 3.05) is 0 Å². The summed E-state index contributed by atoms with van der Waals surface area (Å²) in [5.74, 6) is 0.259. The summed E-state index contributed by atoms with van der Waals surface area (Å²) in [7, 11) is 0. The largest absolute Gasteiger partial charge is 0.508 e. The van der Waals surface area contributed by atoms with Gasteiger partial charge in [-0.3, -0.25) is 0 Å². The molecule has 0 aliphatic rings. The van der Waals surface area contributed by atoms with E-state index in [-0.39, 0.29) is 11.5 Å². The lowest BCUT2D eigenvalue weighted by molar-refractivity contribution is 0.450. The van der Waals surface area contributed by atoms with E-state index >= 15 is 0 Å². The maximum atomic E-state index is 10.1. The Labute approximate surface area is 108 Å². The van der Waals surface area contributed by atoms with Gasteiger partial charge in [-0.1, -0.05) is 38.1 Å². The predicted molar refractivity (Wildman–Crippen MR) is 74.0 cm³/mol. The van der Waals surface area contributed by atoms with E-state index in [0.29, 0.717) is 0 Å². The summed E-state index contributed by atoms with van der Waals surface area (Å²) in [5.41, 5.74) is 4.06. The van der Waals surface area contributed by atoms with Gasteiger partial charge < -0.3 is 10.2 Å². The summed E-state index contributed by atoms with van der Waals surface area (Å²) in [6.07, 6.45) is 1.69. The van der Waals surface area contributed by atoms with E-state index < -0.39 is 0 Å². The third kappa shape index (κ3) is 2.19. The molecule has 0 unspecified atom stereocenters. The zero-order valence-corrected chi connectivity index (χ0v) is 10.8. The van der Waals surface area contributed by atoms with Gasteiger partial charge in [0.15, 0.2) is 0 Å². The molecule has 94 valence electrons. The molecule has 0 saturated carbocycles. The molecule has 0 radical (unpaired) electrons. The van der Waals surface area contributed by atoms with Crippen molar-refractivity contribution in [3.05, 3.63) is 47.5 Å². The number of hydrogen-bond acceptors (Lipinski definition) is 2. The predicted octanol–water partition coefficient (Wildman–Crippen LogP) is 3.89. The van der Waals surface area contributed by atoms with Crippen LogP contribution in [0.3, 0.4) is 0 Å². The van der Waals surface area contributed by atoms with Gasteiger partial charge in [0.05, 0.1) is 0 Å². The smallest absolute Gasteiger partial charge is 0.127 e. The molecule has 0 aliphatic carbocycles. The Balaban J connectivity index is 2.70. The molecule has 0 bridgehead atoms. The van der Waals surface area contributed by atoms with Gasteiger partial charge in [0, 0.05) is 11.6 Å². The van der Waals surface area contributed by atoms with Crippen molar-refractivity contribution >= 4 is 0 Å². The van der Waals surface area contributed by atoms with Crippen molar-refractivity contribution in [2.45, 2.75) is 26.7 Å². The van der Waals surface area contributed by atoms with Crippen LogP contribution in [0, 0.1) is 0 Å². The third-order valence-corrected chi connectivity index (χ3v) is 3.23. The quantitative estimate of drug-likeness (QED) is 0.857. The Kier molecular flexibility index (Phi) is 3.56. The van der Waals surface area contributed by atoms with E-state index in [1.165, 1.54) is 11.6 Å². The maximum Gasteiger partial charge on any atom is 0.127 e. The Morgan fingerprint density at radius 3 is 2.22 bits per heavy atom. The van der Waals surface area contributed by atoms with Crippen LogP contribution < -0.4 is 0 Å². The highest BCUT2D eigenvalue weighted by Crippen LogP contribution is 2.38. The van der Waals surface area contributed by atoms with Gasteiger partial charge in [0.2, 0.25) is 0 Å². The molecule has 2 aromatic carbocycles. The second-order valence-electron chi connectivity index (χ2n) is 4.36. The molecule has 0 amide bonds. The first-order valence-corrected chi connectivity index (χ1v) is 6.30. The summed E-state index contributed by atoms with van der Waals surface area (Å²) in [5, 5.41) is 19.7. The molecule has 2 N–H and O–H groups in total. The lowest BCUT2D eigenvalue weighted by atomic mass is 9.92. The molecule has 0 spiro atoms. The average molecular weight is 242 g/mol. The van der Waals surface area contributed by atoms with Crippen LogP contribution in [-0.4, -0.2) is 10.2 Å². The zero-order valence-electron chi connectivity index (χ0n) is 10.8. The first-order valence-electron chi connectivity index (χ1n) is 6.30. The van der Waals surface area contributed by atoms with Crippen LogP contribution in [0.4, 0.5) is 0 Å². The Morgan fingerprint density at radius 1 is 0.889 bits per heavy atom. The fourth-order valence-electron chi connectivity index (χ4n) is 2.33. The molecule has 0 fully saturated rings. The minimum Gasteiger partial charge on any atom is -0.508 e. The number of benzene rings is 2. The van der Waals surface area contributed by atoms with Gasteiger partial charge >= 0.3 is 0 Å². The van der Waals surface area contributed by atoms with Crippen molar-refractivity contribution in [3.8, 4) is 22.6 Å². The molecule has 0 saturated heterocycles. The minimum atomic E-state index is 0.113. The van der Waals surface area contributed by atoms with E-state index in [0.717, 1.165) is 29.5 Å². The summed E-state index contributed by atoms with van der Waals surface area (Å²) < 4.78 is 0. The van der Waals surface area contributed by atoms with Gasteiger partial charge in [-0.15, -0.1) is 0 Å². The topological polar surface area (TPSA) is 40.5 Å². The summed E-state index contributed by atoms with van der Waals surface area (Å²) in [4.78, 5) is 0. The molecular weight excluding hydrogens is 224 g/mol. The van der Waals surface area contributed by atoms with E-state index in [9.17, 15) is 10.2 Å². The maximum absolute atomic E-state index is 10.1. The van der Waals surface area contributed by atoms with Gasteiger partial charge in [-0.25, -0.2) is 0 Å². The van der Waals surface area contributed by atoms with E-state index in [1.807, 2.05) is 25.1 Å². The molecule has 18 heavy (non-hydrogen) atoms. The number of rotatable bonds is 3. The van der Waals surface area contributed by atoms with Gasteiger partial charge in [0.25, 0.3) is 0 Å². The van der Waals surface area contributed by atoms with Gasteiger partial charge in [-0.2, -0.15) is 0 Å². The summed E-state index contributed by atoms with van der Waals surface area (Å²) in [6, 6.07) is 11.2. The molecule has 0 heterocycles. The number of aryl methyl sites for hydroxylation is 2. The molecule has 0 atom stereocenters. The van der Waals surface area contributed by atoms with Crippen molar-refractivity contribution in [3.63, 3.8) is 0 Å². The fourth-order valence-corrected chi connectivity index (χ4v) is 2.33. The second kappa shape index (κ2) is 5.13. The standard InChI is InChI=1S/C16H18O2/c1-3-11-7-5-6-8-14(11)16-12(4-2)9-13(17)10-15(16)18/h5-10,17-18H,3-4H2,1-2H3. The molecular formula is C16H18O2. The van der Waals surface area contributed by atoms with Gasteiger partial charge in [-0.05, 0) is 35.6 Å². The molecule has 2 heteroatoms. The highest BCUT2D eigenvalue weighted by molar-refractivity contribution is 5.77. The van der Waals surface area contributed by atoms with Crippen molar-refractivity contribution in [1.29, 1.82) is 0 Å². The molecule has 0 aromatic heterocycles. The molecule has 0 aliphatic heterocycles. The fraction of sp³-hybridized carbons (Fsp3) is 0.250. The lowest BCUT2D eigenvalue weighted by Gasteiger charge is -2.14. The Bertz CT molecular complexity index is 559. The number of phenols is 2. The number of phenolic OH excluding ortho intramolecular Hbond substituents is 2. The zero-order chi connectivity index (χ0) is 13.1. The highest BCUT2D eigenvalue weighted by atomic mass is 16.3. The van der Waals surface area contributed by atoms with Crippen LogP contribution in [0.25, 0.3) is 11.1 Å². The SMILES string of the molecule is CCc1ccccc1-c1c(O)cc(O)cc1CC. The Morgan fingerprint density at radius 2 is 1.56 bits per heavy atom. The van der Waals surface area contributed by atoms with Crippen LogP contribution in [0.2, 0.25) is 0 Å². The minimum absolute atomic E-state index is 0.113. The molecule has 2 nitrogen and oxygen atoms in total. The van der Waals surface area contributed by atoms with Crippen LogP contribution in [0.5, 0.6) is 11.5 Å². The van der Waals surface area contributed by atoms with Crippen LogP contribution in [0.1, 0.15) is 25.0 Å². The second-order valence-corrected chi connectivity index (χ2v) is 4.36. The monoisotopic (exact) mass is 242 g/mol. The summed E-state index contributed by atoms with van der Waals surface area (Å²) >= 11 is 0. The summed E-state index contributed by atoms with van der Waals surface area (Å²) in [6.45, 7) is 4.12. The van der Waals surface area contributed by atoms with E-state index in [1.54, 1.807) is 6.07 Å². The number of hydrogen-bond donors (Lipinski definition) is 2. The van der Waals surface area contributed by atoms with Crippen LogP contribution in [-0.2, 0) is 12.8 Å². The van der Waals surface area contributed by atoms with Crippen molar-refractivity contribution < 1.29 is 10.2 Å². The normalized spacial score (nSPS) is 10.6. The van der Waals surface area contributed by atoms with Crippen molar-refractivity contribution in [2.24, 2.45) is 0 Å². The molecule has 2 aromatic rings. The van der Waals surface area contributed by atoms with E-state index in [4.69, 9.17) is 0 Å². The van der Waals surface area contributed by atoms with E-state index in [2.05, 4.69) is 13.0 Å².